The highest BCUT2D eigenvalue weighted by atomic mass is 16.1. The quantitative estimate of drug-likeness (QED) is 0.437. The number of Topliss-reactive ketones (excluding diaryl/α,β-unsaturated/α-hetero) is 1. The molecule has 0 spiro atoms. The van der Waals surface area contributed by atoms with Gasteiger partial charge < -0.3 is 0 Å². The van der Waals surface area contributed by atoms with Crippen LogP contribution >= 0.6 is 0 Å². The molecule has 3 aromatic carbocycles. The molecular formula is C25H19NO. The van der Waals surface area contributed by atoms with Crippen molar-refractivity contribution in [3.63, 3.8) is 0 Å². The molecule has 0 fully saturated rings. The molecule has 0 saturated carbocycles. The smallest absolute Gasteiger partial charge is 0.162 e. The van der Waals surface area contributed by atoms with E-state index in [0.717, 1.165) is 27.6 Å². The third-order valence-electron chi connectivity index (χ3n) is 4.58. The number of pyridine rings is 1. The minimum atomic E-state index is 0.000451. The summed E-state index contributed by atoms with van der Waals surface area (Å²) < 4.78 is 0. The van der Waals surface area contributed by atoms with Crippen molar-refractivity contribution in [2.45, 2.75) is 6.92 Å². The van der Waals surface area contributed by atoms with E-state index in [9.17, 15) is 4.79 Å². The van der Waals surface area contributed by atoms with Gasteiger partial charge in [-0.05, 0) is 30.2 Å². The third kappa shape index (κ3) is 3.42. The van der Waals surface area contributed by atoms with E-state index >= 15 is 0 Å². The second-order valence-electron chi connectivity index (χ2n) is 6.43. The number of hydrogen-bond donors (Lipinski definition) is 0. The van der Waals surface area contributed by atoms with Gasteiger partial charge in [-0.3, -0.25) is 4.79 Å². The topological polar surface area (TPSA) is 30.0 Å². The van der Waals surface area contributed by atoms with Crippen LogP contribution in [-0.4, -0.2) is 10.8 Å². The second-order valence-corrected chi connectivity index (χ2v) is 6.43. The Morgan fingerprint density at radius 1 is 0.667 bits per heavy atom. The number of para-hydroxylation sites is 1. The van der Waals surface area contributed by atoms with Crippen molar-refractivity contribution in [1.82, 2.24) is 4.98 Å². The number of carbonyl (C=O) groups excluding carboxylic acids is 1. The standard InChI is InChI=1S/C25H19NO/c1-18(27)24(23-17-16-19-10-8-9-15-22(19)26-23)25(20-11-4-2-5-12-20)21-13-6-3-7-14-21/h2-17H,1H3. The molecule has 130 valence electrons. The highest BCUT2D eigenvalue weighted by Crippen LogP contribution is 2.32. The van der Waals surface area contributed by atoms with Gasteiger partial charge in [0.25, 0.3) is 0 Å². The van der Waals surface area contributed by atoms with Crippen molar-refractivity contribution in [2.24, 2.45) is 0 Å². The average Bonchev–Trinajstić information content (AvgIpc) is 2.72. The van der Waals surface area contributed by atoms with Crippen molar-refractivity contribution in [3.05, 3.63) is 114 Å². The summed E-state index contributed by atoms with van der Waals surface area (Å²) in [6.07, 6.45) is 0. The molecule has 0 saturated heterocycles. The van der Waals surface area contributed by atoms with Crippen LogP contribution in [0.15, 0.2) is 97.1 Å². The molecule has 27 heavy (non-hydrogen) atoms. The molecule has 0 aliphatic heterocycles. The Morgan fingerprint density at radius 3 is 1.81 bits per heavy atom. The first-order chi connectivity index (χ1) is 13.2. The highest BCUT2D eigenvalue weighted by Gasteiger charge is 2.18. The molecule has 0 amide bonds. The Balaban J connectivity index is 2.04. The predicted molar refractivity (Wildman–Crippen MR) is 111 cm³/mol. The van der Waals surface area contributed by atoms with Gasteiger partial charge in [0.15, 0.2) is 5.78 Å². The summed E-state index contributed by atoms with van der Waals surface area (Å²) >= 11 is 0. The molecule has 0 bridgehead atoms. The fourth-order valence-electron chi connectivity index (χ4n) is 3.35. The lowest BCUT2D eigenvalue weighted by Crippen LogP contribution is -2.04. The Morgan fingerprint density at radius 2 is 1.22 bits per heavy atom. The van der Waals surface area contributed by atoms with Crippen molar-refractivity contribution >= 4 is 27.8 Å². The minimum Gasteiger partial charge on any atom is -0.294 e. The molecule has 2 heteroatoms. The zero-order valence-corrected chi connectivity index (χ0v) is 15.1. The summed E-state index contributed by atoms with van der Waals surface area (Å²) in [7, 11) is 0. The van der Waals surface area contributed by atoms with Gasteiger partial charge in [-0.15, -0.1) is 0 Å². The third-order valence-corrected chi connectivity index (χ3v) is 4.58. The highest BCUT2D eigenvalue weighted by molar-refractivity contribution is 6.28. The Hall–Kier alpha value is -3.52. The number of ketones is 1. The maximum Gasteiger partial charge on any atom is 0.162 e. The maximum atomic E-state index is 12.8. The SMILES string of the molecule is CC(=O)C(=C(c1ccccc1)c1ccccc1)c1ccc2ccccc2n1. The van der Waals surface area contributed by atoms with E-state index in [-0.39, 0.29) is 5.78 Å². The van der Waals surface area contributed by atoms with Crippen molar-refractivity contribution in [1.29, 1.82) is 0 Å². The number of aromatic nitrogens is 1. The van der Waals surface area contributed by atoms with Gasteiger partial charge in [0, 0.05) is 11.0 Å². The van der Waals surface area contributed by atoms with Crippen LogP contribution in [0.25, 0.3) is 22.0 Å². The van der Waals surface area contributed by atoms with Gasteiger partial charge in [0.05, 0.1) is 16.8 Å². The summed E-state index contributed by atoms with van der Waals surface area (Å²) in [5.74, 6) is 0.000451. The summed E-state index contributed by atoms with van der Waals surface area (Å²) in [5.41, 5.74) is 5.13. The van der Waals surface area contributed by atoms with Crippen LogP contribution in [0.3, 0.4) is 0 Å². The molecule has 0 unspecified atom stereocenters. The largest absolute Gasteiger partial charge is 0.294 e. The van der Waals surface area contributed by atoms with E-state index in [1.54, 1.807) is 6.92 Å². The van der Waals surface area contributed by atoms with Crippen molar-refractivity contribution in [2.75, 3.05) is 0 Å². The lowest BCUT2D eigenvalue weighted by Gasteiger charge is -2.15. The average molecular weight is 349 g/mol. The lowest BCUT2D eigenvalue weighted by molar-refractivity contribution is -0.111. The summed E-state index contributed by atoms with van der Waals surface area (Å²) in [5, 5.41) is 1.06. The Kier molecular flexibility index (Phi) is 4.63. The first-order valence-corrected chi connectivity index (χ1v) is 8.96. The van der Waals surface area contributed by atoms with Crippen LogP contribution in [0.2, 0.25) is 0 Å². The number of rotatable bonds is 4. The molecular weight excluding hydrogens is 330 g/mol. The number of nitrogens with zero attached hydrogens (tertiary/aromatic N) is 1. The molecule has 0 aliphatic rings. The maximum absolute atomic E-state index is 12.8. The van der Waals surface area contributed by atoms with E-state index in [1.165, 1.54) is 0 Å². The molecule has 1 heterocycles. The minimum absolute atomic E-state index is 0.000451. The van der Waals surface area contributed by atoms with Crippen molar-refractivity contribution in [3.8, 4) is 0 Å². The normalized spacial score (nSPS) is 10.6. The molecule has 2 nitrogen and oxygen atoms in total. The van der Waals surface area contributed by atoms with E-state index in [2.05, 4.69) is 0 Å². The Bertz CT molecular complexity index is 1090. The number of fused-ring (bicyclic) bond motifs is 1. The monoisotopic (exact) mass is 349 g/mol. The first kappa shape index (κ1) is 16.9. The Labute approximate surface area is 158 Å². The van der Waals surface area contributed by atoms with Gasteiger partial charge in [0.2, 0.25) is 0 Å². The zero-order valence-electron chi connectivity index (χ0n) is 15.1. The fraction of sp³-hybridized carbons (Fsp3) is 0.0400. The van der Waals surface area contributed by atoms with Gasteiger partial charge in [-0.2, -0.15) is 0 Å². The molecule has 4 aromatic rings. The fourth-order valence-corrected chi connectivity index (χ4v) is 3.35. The summed E-state index contributed by atoms with van der Waals surface area (Å²) in [6, 6.07) is 32.0. The molecule has 0 N–H and O–H groups in total. The predicted octanol–water partition coefficient (Wildman–Crippen LogP) is 5.78. The number of benzene rings is 3. The molecule has 0 aliphatic carbocycles. The van der Waals surface area contributed by atoms with Crippen LogP contribution in [0.1, 0.15) is 23.7 Å². The lowest BCUT2D eigenvalue weighted by atomic mass is 9.89. The van der Waals surface area contributed by atoms with Gasteiger partial charge in [0.1, 0.15) is 0 Å². The van der Waals surface area contributed by atoms with Gasteiger partial charge in [-0.25, -0.2) is 4.98 Å². The van der Waals surface area contributed by atoms with Crippen LogP contribution < -0.4 is 0 Å². The van der Waals surface area contributed by atoms with Crippen LogP contribution in [-0.2, 0) is 4.79 Å². The van der Waals surface area contributed by atoms with Crippen LogP contribution in [0, 0.1) is 0 Å². The first-order valence-electron chi connectivity index (χ1n) is 8.96. The van der Waals surface area contributed by atoms with E-state index in [4.69, 9.17) is 4.98 Å². The molecule has 4 rings (SSSR count). The van der Waals surface area contributed by atoms with E-state index in [1.807, 2.05) is 97.1 Å². The number of carbonyl (C=O) groups is 1. The van der Waals surface area contributed by atoms with Gasteiger partial charge >= 0.3 is 0 Å². The summed E-state index contributed by atoms with van der Waals surface area (Å²) in [6.45, 7) is 1.61. The number of hydrogen-bond acceptors (Lipinski definition) is 2. The van der Waals surface area contributed by atoms with Crippen LogP contribution in [0.5, 0.6) is 0 Å². The molecule has 0 radical (unpaired) electrons. The van der Waals surface area contributed by atoms with Gasteiger partial charge in [-0.1, -0.05) is 84.9 Å². The van der Waals surface area contributed by atoms with E-state index in [0.29, 0.717) is 11.3 Å². The van der Waals surface area contributed by atoms with E-state index < -0.39 is 0 Å². The molecule has 0 atom stereocenters. The van der Waals surface area contributed by atoms with Crippen LogP contribution in [0.4, 0.5) is 0 Å². The second kappa shape index (κ2) is 7.38. The zero-order chi connectivity index (χ0) is 18.6. The summed E-state index contributed by atoms with van der Waals surface area (Å²) in [4.78, 5) is 17.6. The molecule has 1 aromatic heterocycles. The number of allylic oxidation sites excluding steroid dienone is 1. The van der Waals surface area contributed by atoms with Crippen molar-refractivity contribution < 1.29 is 4.79 Å².